The van der Waals surface area contributed by atoms with Crippen molar-refractivity contribution in [2.75, 3.05) is 0 Å². The fourth-order valence-electron chi connectivity index (χ4n) is 6.43. The zero-order valence-corrected chi connectivity index (χ0v) is 28.7. The molecule has 3 aliphatic rings. The van der Waals surface area contributed by atoms with Crippen LogP contribution in [0.3, 0.4) is 0 Å². The zero-order chi connectivity index (χ0) is 28.8. The molecule has 0 nitrogen and oxygen atoms in total. The van der Waals surface area contributed by atoms with E-state index < -0.39 is 0 Å². The molecule has 3 aromatic rings. The van der Waals surface area contributed by atoms with E-state index in [2.05, 4.69) is 96.2 Å². The van der Waals surface area contributed by atoms with E-state index in [1.807, 2.05) is 15.4 Å². The molecule has 3 aliphatic carbocycles. The van der Waals surface area contributed by atoms with E-state index in [1.165, 1.54) is 96.9 Å². The van der Waals surface area contributed by atoms with Gasteiger partial charge in [0.2, 0.25) is 0 Å². The molecule has 212 valence electrons. The van der Waals surface area contributed by atoms with Gasteiger partial charge in [-0.2, -0.15) is 6.08 Å². The molecule has 0 amide bonds. The molecule has 1 heteroatoms. The van der Waals surface area contributed by atoms with Crippen LogP contribution in [0, 0.1) is 17.9 Å². The van der Waals surface area contributed by atoms with Crippen LogP contribution < -0.4 is 0 Å². The Balaban J connectivity index is 0.000000166. The topological polar surface area (TPSA) is 0 Å². The van der Waals surface area contributed by atoms with Gasteiger partial charge >= 0.3 is 103 Å². The van der Waals surface area contributed by atoms with E-state index in [0.29, 0.717) is 0 Å². The average molecular weight is 612 g/mol. The molecule has 0 saturated heterocycles. The molecule has 0 aliphatic heterocycles. The first-order valence-corrected chi connectivity index (χ1v) is 17.2. The van der Waals surface area contributed by atoms with Crippen molar-refractivity contribution in [2.45, 2.75) is 123 Å². The van der Waals surface area contributed by atoms with E-state index in [4.69, 9.17) is 0 Å². The Labute approximate surface area is 260 Å². The van der Waals surface area contributed by atoms with Crippen molar-refractivity contribution in [1.29, 1.82) is 0 Å². The summed E-state index contributed by atoms with van der Waals surface area (Å²) in [5.41, 5.74) is 3.20. The number of hydrogen-bond acceptors (Lipinski definition) is 0. The maximum atomic E-state index is 2.99. The second-order valence-corrected chi connectivity index (χ2v) is 15.8. The Morgan fingerprint density at radius 2 is 1.15 bits per heavy atom. The summed E-state index contributed by atoms with van der Waals surface area (Å²) in [4.78, 5) is 0. The Kier molecular flexibility index (Phi) is 11.1. The molecule has 0 radical (unpaired) electrons. The van der Waals surface area contributed by atoms with Gasteiger partial charge in [-0.15, -0.1) is 46.2 Å². The van der Waals surface area contributed by atoms with Gasteiger partial charge in [0, 0.05) is 0 Å². The summed E-state index contributed by atoms with van der Waals surface area (Å²) in [6.45, 7) is 13.7. The van der Waals surface area contributed by atoms with E-state index in [0.717, 1.165) is 18.3 Å². The summed E-state index contributed by atoms with van der Waals surface area (Å²) in [7, 11) is 0. The van der Waals surface area contributed by atoms with Crippen LogP contribution >= 0.6 is 0 Å². The van der Waals surface area contributed by atoms with Crippen molar-refractivity contribution in [2.24, 2.45) is 11.8 Å². The molecule has 40 heavy (non-hydrogen) atoms. The molecule has 6 rings (SSSR count). The number of fused-ring (bicyclic) bond motifs is 3. The molecule has 0 aromatic heterocycles. The predicted octanol–water partition coefficient (Wildman–Crippen LogP) is 11.5. The van der Waals surface area contributed by atoms with Gasteiger partial charge in [0.25, 0.3) is 0 Å². The van der Waals surface area contributed by atoms with Gasteiger partial charge in [-0.25, -0.2) is 12.2 Å². The van der Waals surface area contributed by atoms with E-state index in [9.17, 15) is 0 Å². The Bertz CT molecular complexity index is 1210. The molecule has 2 saturated carbocycles. The SMILES string of the molecule is CC(C)(C)c1ccc2[cH-]c3ccc(C(C)(C)C)cc3c2c1.[C-]1=CC=CC1.[Zr+2]=[C](C1CCCCC1)C1CCCCC1. The van der Waals surface area contributed by atoms with Gasteiger partial charge in [-0.3, -0.25) is 6.08 Å². The maximum absolute atomic E-state index is 2.99. The Hall–Kier alpha value is -1.46. The number of rotatable bonds is 2. The second-order valence-electron chi connectivity index (χ2n) is 14.4. The molecule has 0 atom stereocenters. The molecule has 3 aromatic carbocycles. The molecule has 0 heterocycles. The third-order valence-electron chi connectivity index (χ3n) is 9.12. The molecule has 0 spiro atoms. The summed E-state index contributed by atoms with van der Waals surface area (Å²) < 4.78 is 1.97. The third kappa shape index (κ3) is 8.54. The van der Waals surface area contributed by atoms with Crippen LogP contribution in [-0.2, 0) is 35.1 Å². The van der Waals surface area contributed by atoms with E-state index in [1.54, 1.807) is 24.2 Å². The van der Waals surface area contributed by atoms with Crippen LogP contribution in [0.15, 0.2) is 60.7 Å². The molecular formula is C39H52Zr. The fraction of sp³-hybridized carbons (Fsp3) is 0.538. The van der Waals surface area contributed by atoms with Crippen LogP contribution in [0.1, 0.15) is 123 Å². The van der Waals surface area contributed by atoms with Crippen LogP contribution in [0.25, 0.3) is 21.5 Å². The van der Waals surface area contributed by atoms with Gasteiger partial charge in [0.1, 0.15) is 0 Å². The summed E-state index contributed by atoms with van der Waals surface area (Å²) in [5.74, 6) is 2.09. The van der Waals surface area contributed by atoms with Gasteiger partial charge < -0.3 is 0 Å². The number of hydrogen-bond donors (Lipinski definition) is 0. The van der Waals surface area contributed by atoms with Crippen LogP contribution in [0.4, 0.5) is 0 Å². The van der Waals surface area contributed by atoms with Crippen molar-refractivity contribution in [3.05, 3.63) is 77.9 Å². The van der Waals surface area contributed by atoms with E-state index in [-0.39, 0.29) is 10.8 Å². The van der Waals surface area contributed by atoms with Crippen molar-refractivity contribution in [3.63, 3.8) is 0 Å². The molecule has 2 fully saturated rings. The first kappa shape index (κ1) is 31.5. The second kappa shape index (κ2) is 14.1. The average Bonchev–Trinajstić information content (AvgIpc) is 3.64. The Morgan fingerprint density at radius 1 is 0.700 bits per heavy atom. The normalized spacial score (nSPS) is 18.4. The number of allylic oxidation sites excluding steroid dienone is 4. The van der Waals surface area contributed by atoms with Crippen LogP contribution in [0.2, 0.25) is 0 Å². The quantitative estimate of drug-likeness (QED) is 0.253. The van der Waals surface area contributed by atoms with Gasteiger partial charge in [-0.1, -0.05) is 76.9 Å². The first-order chi connectivity index (χ1) is 19.0. The summed E-state index contributed by atoms with van der Waals surface area (Å²) >= 11 is 1.77. The zero-order valence-electron chi connectivity index (χ0n) is 26.2. The summed E-state index contributed by atoms with van der Waals surface area (Å²) in [6.07, 6.45) is 25.1. The Morgan fingerprint density at radius 3 is 1.48 bits per heavy atom. The van der Waals surface area contributed by atoms with Gasteiger partial charge in [-0.05, 0) is 10.8 Å². The van der Waals surface area contributed by atoms with E-state index >= 15 is 0 Å². The predicted molar refractivity (Wildman–Crippen MR) is 174 cm³/mol. The molecule has 0 N–H and O–H groups in total. The van der Waals surface area contributed by atoms with Crippen molar-refractivity contribution in [3.8, 4) is 0 Å². The molecule has 0 unspecified atom stereocenters. The first-order valence-electron chi connectivity index (χ1n) is 16.0. The van der Waals surface area contributed by atoms with Gasteiger partial charge in [0.15, 0.2) is 0 Å². The summed E-state index contributed by atoms with van der Waals surface area (Å²) in [6, 6.07) is 16.1. The number of benzene rings is 2. The summed E-state index contributed by atoms with van der Waals surface area (Å²) in [5, 5.41) is 5.49. The van der Waals surface area contributed by atoms with Crippen LogP contribution in [0.5, 0.6) is 0 Å². The minimum absolute atomic E-state index is 0.194. The van der Waals surface area contributed by atoms with Crippen LogP contribution in [-0.4, -0.2) is 3.21 Å². The monoisotopic (exact) mass is 610 g/mol. The van der Waals surface area contributed by atoms with Crippen molar-refractivity contribution in [1.82, 2.24) is 0 Å². The van der Waals surface area contributed by atoms with Gasteiger partial charge in [0.05, 0.1) is 0 Å². The molecular weight excluding hydrogens is 560 g/mol. The fourth-order valence-corrected chi connectivity index (χ4v) is 7.85. The van der Waals surface area contributed by atoms with Crippen molar-refractivity contribution < 1.29 is 24.2 Å². The standard InChI is InChI=1S/C21H25.C13H22.C5H5.Zr/c1-20(2,3)16-9-7-14-11-15-8-10-17(21(4,5)6)13-19(15)18(14)12-16;1-3-7-12(8-4-1)11-13-9-5-2-6-10-13;1-2-4-5-3-1;/h7-13H,1-6H3;12-13H,1-10H2;1-3H,4H2;/q-1;;-1;+2. The van der Waals surface area contributed by atoms with Crippen molar-refractivity contribution >= 4 is 24.8 Å². The third-order valence-corrected chi connectivity index (χ3v) is 11.1. The molecule has 0 bridgehead atoms. The minimum atomic E-state index is 0.194.